The maximum atomic E-state index is 12.3. The van der Waals surface area contributed by atoms with Crippen LogP contribution in [0.3, 0.4) is 0 Å². The molecule has 4 nitrogen and oxygen atoms in total. The van der Waals surface area contributed by atoms with E-state index in [2.05, 4.69) is 0 Å². The zero-order valence-electron chi connectivity index (χ0n) is 13.0. The summed E-state index contributed by atoms with van der Waals surface area (Å²) in [4.78, 5) is 12.3. The molecule has 5 heteroatoms. The number of phenols is 1. The van der Waals surface area contributed by atoms with Crippen molar-refractivity contribution in [2.24, 2.45) is 0 Å². The van der Waals surface area contributed by atoms with Gasteiger partial charge in [-0.2, -0.15) is 0 Å². The van der Waals surface area contributed by atoms with E-state index in [9.17, 15) is 9.90 Å². The number of fused-ring (bicyclic) bond motifs is 1. The van der Waals surface area contributed by atoms with Gasteiger partial charge in [0.25, 0.3) is 0 Å². The molecular formula is C19H15ClO4. The Morgan fingerprint density at radius 1 is 1.29 bits per heavy atom. The fourth-order valence-electron chi connectivity index (χ4n) is 2.31. The van der Waals surface area contributed by atoms with E-state index >= 15 is 0 Å². The van der Waals surface area contributed by atoms with Gasteiger partial charge < -0.3 is 14.3 Å². The van der Waals surface area contributed by atoms with Gasteiger partial charge >= 0.3 is 0 Å². The van der Waals surface area contributed by atoms with Gasteiger partial charge in [-0.15, -0.1) is 0 Å². The maximum Gasteiger partial charge on any atom is 0.221 e. The number of halogens is 1. The lowest BCUT2D eigenvalue weighted by Gasteiger charge is -2.08. The first-order valence-corrected chi connectivity index (χ1v) is 7.82. The highest BCUT2D eigenvalue weighted by molar-refractivity contribution is 6.32. The second kappa shape index (κ2) is 6.81. The summed E-state index contributed by atoms with van der Waals surface area (Å²) >= 11 is 5.97. The molecule has 0 saturated carbocycles. The third kappa shape index (κ3) is 3.29. The minimum Gasteiger partial charge on any atom is -0.503 e. The number of phenolic OH excluding ortho intramolecular Hbond substituents is 1. The van der Waals surface area contributed by atoms with E-state index < -0.39 is 0 Å². The molecule has 0 aliphatic carbocycles. The van der Waals surface area contributed by atoms with Crippen LogP contribution < -0.4 is 4.74 Å². The Morgan fingerprint density at radius 3 is 2.83 bits per heavy atom. The summed E-state index contributed by atoms with van der Waals surface area (Å²) in [5.74, 6) is 0.177. The average molecular weight is 343 g/mol. The summed E-state index contributed by atoms with van der Waals surface area (Å²) in [7, 11) is 0. The van der Waals surface area contributed by atoms with Crippen LogP contribution in [0, 0.1) is 0 Å². The van der Waals surface area contributed by atoms with E-state index in [1.54, 1.807) is 31.2 Å². The number of rotatable bonds is 5. The standard InChI is InChI=1S/C19H15ClO4/c1-2-23-18-10-12(9-14(20)19(18)22)7-8-15(21)17-11-13-5-3-4-6-16(13)24-17/h3-11,22H,2H2,1H3/b8-7-. The normalized spacial score (nSPS) is 11.2. The Balaban J connectivity index is 1.85. The first kappa shape index (κ1) is 16.1. The predicted molar refractivity (Wildman–Crippen MR) is 93.9 cm³/mol. The summed E-state index contributed by atoms with van der Waals surface area (Å²) < 4.78 is 10.8. The van der Waals surface area contributed by atoms with E-state index in [1.807, 2.05) is 24.3 Å². The molecule has 0 radical (unpaired) electrons. The molecular weight excluding hydrogens is 328 g/mol. The van der Waals surface area contributed by atoms with Crippen LogP contribution in [-0.4, -0.2) is 17.5 Å². The molecule has 122 valence electrons. The highest BCUT2D eigenvalue weighted by atomic mass is 35.5. The number of carbonyl (C=O) groups excluding carboxylic acids is 1. The minimum atomic E-state index is -0.256. The first-order chi connectivity index (χ1) is 11.6. The monoisotopic (exact) mass is 342 g/mol. The Morgan fingerprint density at radius 2 is 2.08 bits per heavy atom. The number of hydrogen-bond acceptors (Lipinski definition) is 4. The van der Waals surface area contributed by atoms with E-state index in [-0.39, 0.29) is 28.1 Å². The highest BCUT2D eigenvalue weighted by Gasteiger charge is 2.11. The van der Waals surface area contributed by atoms with Crippen LogP contribution in [-0.2, 0) is 0 Å². The largest absolute Gasteiger partial charge is 0.503 e. The van der Waals surface area contributed by atoms with Crippen LogP contribution in [0.2, 0.25) is 5.02 Å². The van der Waals surface area contributed by atoms with Crippen molar-refractivity contribution >= 4 is 34.4 Å². The third-order valence-corrected chi connectivity index (χ3v) is 3.73. The van der Waals surface area contributed by atoms with Crippen LogP contribution in [0.25, 0.3) is 17.0 Å². The zero-order chi connectivity index (χ0) is 17.1. The smallest absolute Gasteiger partial charge is 0.221 e. The van der Waals surface area contributed by atoms with Gasteiger partial charge in [-0.3, -0.25) is 4.79 Å². The minimum absolute atomic E-state index is 0.112. The summed E-state index contributed by atoms with van der Waals surface area (Å²) in [5, 5.41) is 10.9. The quantitative estimate of drug-likeness (QED) is 0.518. The van der Waals surface area contributed by atoms with Gasteiger partial charge in [-0.25, -0.2) is 0 Å². The van der Waals surface area contributed by atoms with E-state index in [0.717, 1.165) is 5.39 Å². The number of ether oxygens (including phenoxy) is 1. The number of hydrogen-bond donors (Lipinski definition) is 1. The molecule has 3 aromatic rings. The van der Waals surface area contributed by atoms with Gasteiger partial charge in [0.15, 0.2) is 17.3 Å². The molecule has 24 heavy (non-hydrogen) atoms. The molecule has 0 fully saturated rings. The van der Waals surface area contributed by atoms with E-state index in [0.29, 0.717) is 17.8 Å². The molecule has 2 aromatic carbocycles. The molecule has 1 aromatic heterocycles. The summed E-state index contributed by atoms with van der Waals surface area (Å²) in [5.41, 5.74) is 1.31. The Kier molecular flexibility index (Phi) is 4.58. The van der Waals surface area contributed by atoms with Crippen molar-refractivity contribution in [2.45, 2.75) is 6.92 Å². The van der Waals surface area contributed by atoms with Crippen LogP contribution in [0.1, 0.15) is 23.0 Å². The lowest BCUT2D eigenvalue weighted by atomic mass is 10.1. The lowest BCUT2D eigenvalue weighted by Crippen LogP contribution is -1.93. The first-order valence-electron chi connectivity index (χ1n) is 7.44. The summed E-state index contributed by atoms with van der Waals surface area (Å²) in [6.07, 6.45) is 3.00. The van der Waals surface area contributed by atoms with Gasteiger partial charge in [0, 0.05) is 5.39 Å². The Hall–Kier alpha value is -2.72. The molecule has 0 amide bonds. The molecule has 0 aliphatic rings. The van der Waals surface area contributed by atoms with Gasteiger partial charge in [0.05, 0.1) is 11.6 Å². The van der Waals surface area contributed by atoms with Crippen molar-refractivity contribution in [3.05, 3.63) is 64.9 Å². The predicted octanol–water partition coefficient (Wildman–Crippen LogP) is 5.09. The molecule has 0 aliphatic heterocycles. The molecule has 1 heterocycles. The van der Waals surface area contributed by atoms with Gasteiger partial charge in [-0.1, -0.05) is 35.9 Å². The van der Waals surface area contributed by atoms with E-state index in [1.165, 1.54) is 6.08 Å². The molecule has 0 spiro atoms. The topological polar surface area (TPSA) is 59.7 Å². The molecule has 0 unspecified atom stereocenters. The molecule has 0 atom stereocenters. The van der Waals surface area contributed by atoms with Crippen LogP contribution in [0.15, 0.2) is 53.0 Å². The molecule has 0 bridgehead atoms. The number of para-hydroxylation sites is 1. The van der Waals surface area contributed by atoms with Gasteiger partial charge in [0.2, 0.25) is 5.78 Å². The Bertz CT molecular complexity index is 891. The van der Waals surface area contributed by atoms with Crippen molar-refractivity contribution in [3.8, 4) is 11.5 Å². The SMILES string of the molecule is CCOc1cc(/C=C\C(=O)c2cc3ccccc3o2)cc(Cl)c1O. The number of carbonyl (C=O) groups is 1. The van der Waals surface area contributed by atoms with Crippen molar-refractivity contribution in [3.63, 3.8) is 0 Å². The Labute approximate surface area is 143 Å². The van der Waals surface area contributed by atoms with Crippen molar-refractivity contribution in [1.29, 1.82) is 0 Å². The fraction of sp³-hybridized carbons (Fsp3) is 0.105. The molecule has 3 rings (SSSR count). The molecule has 1 N–H and O–H groups in total. The number of aromatic hydroxyl groups is 1. The van der Waals surface area contributed by atoms with Gasteiger partial charge in [-0.05, 0) is 42.8 Å². The summed E-state index contributed by atoms with van der Waals surface area (Å²) in [6, 6.07) is 12.3. The third-order valence-electron chi connectivity index (χ3n) is 3.45. The fourth-order valence-corrected chi connectivity index (χ4v) is 2.53. The van der Waals surface area contributed by atoms with Crippen molar-refractivity contribution < 1.29 is 19.1 Å². The number of furan rings is 1. The summed E-state index contributed by atoms with van der Waals surface area (Å²) in [6.45, 7) is 2.20. The van der Waals surface area contributed by atoms with Crippen LogP contribution in [0.5, 0.6) is 11.5 Å². The average Bonchev–Trinajstić information content (AvgIpc) is 3.01. The maximum absolute atomic E-state index is 12.3. The number of allylic oxidation sites excluding steroid dienone is 1. The number of ketones is 1. The van der Waals surface area contributed by atoms with Crippen LogP contribution >= 0.6 is 11.6 Å². The second-order valence-corrected chi connectivity index (χ2v) is 5.54. The van der Waals surface area contributed by atoms with E-state index in [4.69, 9.17) is 20.8 Å². The van der Waals surface area contributed by atoms with Crippen molar-refractivity contribution in [1.82, 2.24) is 0 Å². The highest BCUT2D eigenvalue weighted by Crippen LogP contribution is 2.35. The lowest BCUT2D eigenvalue weighted by molar-refractivity contribution is 0.102. The van der Waals surface area contributed by atoms with Crippen LogP contribution in [0.4, 0.5) is 0 Å². The van der Waals surface area contributed by atoms with Crippen molar-refractivity contribution in [2.75, 3.05) is 6.61 Å². The van der Waals surface area contributed by atoms with Gasteiger partial charge in [0.1, 0.15) is 5.58 Å². The molecule has 0 saturated heterocycles. The number of benzene rings is 2. The second-order valence-electron chi connectivity index (χ2n) is 5.13. The zero-order valence-corrected chi connectivity index (χ0v) is 13.7.